The lowest BCUT2D eigenvalue weighted by Gasteiger charge is -2.17. The summed E-state index contributed by atoms with van der Waals surface area (Å²) in [6.07, 6.45) is 0. The maximum absolute atomic E-state index is 12.8. The molecule has 2 aromatic carbocycles. The molecule has 0 unspecified atom stereocenters. The third-order valence-corrected chi connectivity index (χ3v) is 3.56. The Morgan fingerprint density at radius 2 is 1.96 bits per heavy atom. The van der Waals surface area contributed by atoms with Crippen LogP contribution in [0.4, 0.5) is 20.2 Å². The summed E-state index contributed by atoms with van der Waals surface area (Å²) in [6.45, 7) is 0.771. The Morgan fingerprint density at radius 1 is 1.19 bits per heavy atom. The molecule has 0 aliphatic carbocycles. The molecule has 0 radical (unpaired) electrons. The van der Waals surface area contributed by atoms with E-state index >= 15 is 0 Å². The normalized spacial score (nSPS) is 10.4. The van der Waals surface area contributed by atoms with Crippen molar-refractivity contribution in [2.24, 2.45) is 0 Å². The third kappa shape index (κ3) is 5.73. The number of methoxy groups -OCH3 is 1. The van der Waals surface area contributed by atoms with Gasteiger partial charge in [-0.15, -0.1) is 0 Å². The van der Waals surface area contributed by atoms with Crippen LogP contribution in [-0.4, -0.2) is 26.2 Å². The zero-order valence-electron chi connectivity index (χ0n) is 15.3. The average Bonchev–Trinajstić information content (AvgIpc) is 2.62. The number of alkyl halides is 2. The summed E-state index contributed by atoms with van der Waals surface area (Å²) in [5.74, 6) is 0.525. The lowest BCUT2D eigenvalue weighted by atomic mass is 10.1. The van der Waals surface area contributed by atoms with Gasteiger partial charge in [0.05, 0.1) is 19.4 Å². The molecule has 0 aromatic heterocycles. The van der Waals surface area contributed by atoms with Gasteiger partial charge in [-0.1, -0.05) is 12.1 Å². The van der Waals surface area contributed by atoms with Crippen molar-refractivity contribution in [1.82, 2.24) is 0 Å². The zero-order chi connectivity index (χ0) is 19.8. The van der Waals surface area contributed by atoms with Crippen LogP contribution in [0.5, 0.6) is 17.2 Å². The molecule has 1 amide bonds. The van der Waals surface area contributed by atoms with Crippen molar-refractivity contribution in [3.63, 3.8) is 0 Å². The van der Waals surface area contributed by atoms with E-state index in [2.05, 4.69) is 15.4 Å². The Hall–Kier alpha value is -3.03. The molecule has 0 atom stereocenters. The number of benzene rings is 2. The molecule has 0 aliphatic rings. The molecule has 0 saturated carbocycles. The third-order valence-electron chi connectivity index (χ3n) is 3.56. The van der Waals surface area contributed by atoms with Crippen LogP contribution in [0.3, 0.4) is 0 Å². The van der Waals surface area contributed by atoms with Crippen LogP contribution >= 0.6 is 0 Å². The molecule has 0 spiro atoms. The molecule has 6 nitrogen and oxygen atoms in total. The Morgan fingerprint density at radius 3 is 2.59 bits per heavy atom. The van der Waals surface area contributed by atoms with E-state index in [1.807, 2.05) is 0 Å². The van der Waals surface area contributed by atoms with Crippen LogP contribution < -0.4 is 24.8 Å². The maximum Gasteiger partial charge on any atom is 0.387 e. The van der Waals surface area contributed by atoms with Crippen molar-refractivity contribution < 1.29 is 27.8 Å². The first kappa shape index (κ1) is 20.3. The molecule has 8 heteroatoms. The van der Waals surface area contributed by atoms with Gasteiger partial charge in [-0.25, -0.2) is 0 Å². The molecule has 27 heavy (non-hydrogen) atoms. The number of halogens is 2. The lowest BCUT2D eigenvalue weighted by molar-refractivity contribution is -0.114. The fourth-order valence-corrected chi connectivity index (χ4v) is 2.48. The first-order valence-corrected chi connectivity index (χ1v) is 8.33. The van der Waals surface area contributed by atoms with E-state index < -0.39 is 6.61 Å². The second kappa shape index (κ2) is 9.61. The molecule has 0 bridgehead atoms. The van der Waals surface area contributed by atoms with E-state index in [9.17, 15) is 13.6 Å². The smallest absolute Gasteiger partial charge is 0.387 e. The van der Waals surface area contributed by atoms with Crippen LogP contribution in [0, 0.1) is 0 Å². The summed E-state index contributed by atoms with van der Waals surface area (Å²) in [4.78, 5) is 11.2. The summed E-state index contributed by atoms with van der Waals surface area (Å²) in [5, 5.41) is 5.79. The Labute approximate surface area is 156 Å². The van der Waals surface area contributed by atoms with Crippen molar-refractivity contribution >= 4 is 17.3 Å². The number of rotatable bonds is 9. The second-order valence-corrected chi connectivity index (χ2v) is 5.51. The zero-order valence-corrected chi connectivity index (χ0v) is 15.3. The number of para-hydroxylation sites is 1. The number of ether oxygens (including phenoxy) is 3. The monoisotopic (exact) mass is 380 g/mol. The summed E-state index contributed by atoms with van der Waals surface area (Å²) in [7, 11) is 1.49. The van der Waals surface area contributed by atoms with E-state index in [0.717, 1.165) is 0 Å². The number of carbonyl (C=O) groups excluding carboxylic acids is 1. The fourth-order valence-electron chi connectivity index (χ4n) is 2.48. The minimum Gasteiger partial charge on any atom is -0.494 e. The lowest BCUT2D eigenvalue weighted by Crippen LogP contribution is -2.10. The predicted octanol–water partition coefficient (Wildman–Crippen LogP) is 4.27. The summed E-state index contributed by atoms with van der Waals surface area (Å²) in [6, 6.07) is 10.1. The number of anilines is 2. The molecule has 2 aromatic rings. The molecule has 0 fully saturated rings. The van der Waals surface area contributed by atoms with Gasteiger partial charge in [0.15, 0.2) is 11.5 Å². The fraction of sp³-hybridized carbons (Fsp3) is 0.316. The van der Waals surface area contributed by atoms with E-state index in [4.69, 9.17) is 9.47 Å². The second-order valence-electron chi connectivity index (χ2n) is 5.51. The minimum absolute atomic E-state index is 0.00341. The van der Waals surface area contributed by atoms with Gasteiger partial charge in [0.1, 0.15) is 5.75 Å². The average molecular weight is 380 g/mol. The highest BCUT2D eigenvalue weighted by Crippen LogP contribution is 2.34. The van der Waals surface area contributed by atoms with Crippen molar-refractivity contribution in [3.05, 3.63) is 42.0 Å². The molecular formula is C19H22F2N2O4. The van der Waals surface area contributed by atoms with E-state index in [1.165, 1.54) is 14.0 Å². The SMILES string of the molecule is CCOc1cccc(CNc2ccc(NC(C)=O)c(OC)c2)c1OC(F)F. The highest BCUT2D eigenvalue weighted by atomic mass is 19.3. The first-order valence-electron chi connectivity index (χ1n) is 8.33. The van der Waals surface area contributed by atoms with Crippen molar-refractivity contribution in [3.8, 4) is 17.2 Å². The molecular weight excluding hydrogens is 358 g/mol. The molecule has 0 aliphatic heterocycles. The maximum atomic E-state index is 12.8. The number of hydrogen-bond donors (Lipinski definition) is 2. The number of carbonyl (C=O) groups is 1. The van der Waals surface area contributed by atoms with Crippen molar-refractivity contribution in [2.75, 3.05) is 24.4 Å². The number of hydrogen-bond acceptors (Lipinski definition) is 5. The topological polar surface area (TPSA) is 68.8 Å². The number of nitrogens with one attached hydrogen (secondary N) is 2. The Bertz CT molecular complexity index is 784. The molecule has 0 saturated heterocycles. The van der Waals surface area contributed by atoms with Crippen LogP contribution in [0.25, 0.3) is 0 Å². The van der Waals surface area contributed by atoms with Crippen LogP contribution in [0.1, 0.15) is 19.4 Å². The van der Waals surface area contributed by atoms with Gasteiger partial charge in [0, 0.05) is 30.8 Å². The van der Waals surface area contributed by atoms with Gasteiger partial charge >= 0.3 is 6.61 Å². The quantitative estimate of drug-likeness (QED) is 0.680. The van der Waals surface area contributed by atoms with E-state index in [0.29, 0.717) is 29.3 Å². The molecule has 0 heterocycles. The van der Waals surface area contributed by atoms with Crippen LogP contribution in [0.2, 0.25) is 0 Å². The van der Waals surface area contributed by atoms with Crippen LogP contribution in [-0.2, 0) is 11.3 Å². The molecule has 2 rings (SSSR count). The molecule has 2 N–H and O–H groups in total. The summed E-state index contributed by atoms with van der Waals surface area (Å²) in [5.41, 5.74) is 1.74. The van der Waals surface area contributed by atoms with Gasteiger partial charge in [-0.3, -0.25) is 4.79 Å². The first-order chi connectivity index (χ1) is 12.9. The Kier molecular flexibility index (Phi) is 7.22. The van der Waals surface area contributed by atoms with Crippen molar-refractivity contribution in [2.45, 2.75) is 27.0 Å². The standard InChI is InChI=1S/C19H22F2N2O4/c1-4-26-16-7-5-6-13(18(16)27-19(20)21)11-22-14-8-9-15(23-12(2)24)17(10-14)25-3/h5-10,19,22H,4,11H2,1-3H3,(H,23,24). The van der Waals surface area contributed by atoms with Crippen molar-refractivity contribution in [1.29, 1.82) is 0 Å². The van der Waals surface area contributed by atoms with E-state index in [-0.39, 0.29) is 24.0 Å². The van der Waals surface area contributed by atoms with Gasteiger partial charge in [-0.2, -0.15) is 8.78 Å². The molecule has 146 valence electrons. The van der Waals surface area contributed by atoms with Gasteiger partial charge in [0.2, 0.25) is 5.91 Å². The van der Waals surface area contributed by atoms with Crippen LogP contribution in [0.15, 0.2) is 36.4 Å². The summed E-state index contributed by atoms with van der Waals surface area (Å²) < 4.78 is 40.9. The highest BCUT2D eigenvalue weighted by molar-refractivity contribution is 5.90. The highest BCUT2D eigenvalue weighted by Gasteiger charge is 2.16. The van der Waals surface area contributed by atoms with Gasteiger partial charge in [-0.05, 0) is 25.1 Å². The largest absolute Gasteiger partial charge is 0.494 e. The van der Waals surface area contributed by atoms with Gasteiger partial charge in [0.25, 0.3) is 0 Å². The van der Waals surface area contributed by atoms with E-state index in [1.54, 1.807) is 43.3 Å². The predicted molar refractivity (Wildman–Crippen MR) is 98.9 cm³/mol. The summed E-state index contributed by atoms with van der Waals surface area (Å²) >= 11 is 0. The number of amides is 1. The Balaban J connectivity index is 2.20. The van der Waals surface area contributed by atoms with Gasteiger partial charge < -0.3 is 24.8 Å². The minimum atomic E-state index is -2.96.